The zero-order valence-electron chi connectivity index (χ0n) is 12.9. The van der Waals surface area contributed by atoms with Gasteiger partial charge in [-0.25, -0.2) is 0 Å². The molecule has 1 aromatic carbocycles. The number of hydrogen-bond donors (Lipinski definition) is 1. The van der Waals surface area contributed by atoms with E-state index in [1.807, 2.05) is 0 Å². The summed E-state index contributed by atoms with van der Waals surface area (Å²) in [7, 11) is 3.08. The number of piperazine rings is 1. The van der Waals surface area contributed by atoms with Crippen molar-refractivity contribution in [3.63, 3.8) is 0 Å². The van der Waals surface area contributed by atoms with Gasteiger partial charge in [0.25, 0.3) is 5.91 Å². The molecular weight excluding hydrogens is 272 g/mol. The first kappa shape index (κ1) is 15.2. The third-order valence-electron chi connectivity index (χ3n) is 3.57. The average molecular weight is 292 g/mol. The highest BCUT2D eigenvalue weighted by Crippen LogP contribution is 2.32. The molecule has 1 fully saturated rings. The Morgan fingerprint density at radius 2 is 1.62 bits per heavy atom. The Bertz CT molecular complexity index is 561. The van der Waals surface area contributed by atoms with Crippen LogP contribution in [0.15, 0.2) is 18.2 Å². The van der Waals surface area contributed by atoms with Crippen LogP contribution in [0.4, 0.5) is 5.69 Å². The molecule has 1 atom stereocenters. The fourth-order valence-corrected chi connectivity index (χ4v) is 2.33. The lowest BCUT2D eigenvalue weighted by molar-refractivity contribution is -0.136. The smallest absolute Gasteiger partial charge is 0.252 e. The molecule has 1 N–H and O–H groups in total. The van der Waals surface area contributed by atoms with Crippen LogP contribution in [-0.2, 0) is 9.59 Å². The van der Waals surface area contributed by atoms with Crippen LogP contribution in [0.25, 0.3) is 0 Å². The fraction of sp³-hybridized carbons (Fsp3) is 0.467. The van der Waals surface area contributed by atoms with Gasteiger partial charge in [-0.1, -0.05) is 0 Å². The van der Waals surface area contributed by atoms with Gasteiger partial charge in [-0.3, -0.25) is 14.5 Å². The van der Waals surface area contributed by atoms with Crippen molar-refractivity contribution in [2.45, 2.75) is 32.4 Å². The number of anilines is 1. The number of ether oxygens (including phenoxy) is 2. The lowest BCUT2D eigenvalue weighted by atomic mass is 9.96. The molecule has 0 bridgehead atoms. The largest absolute Gasteiger partial charge is 0.497 e. The van der Waals surface area contributed by atoms with E-state index in [-0.39, 0.29) is 11.8 Å². The van der Waals surface area contributed by atoms with Crippen molar-refractivity contribution in [3.8, 4) is 11.5 Å². The van der Waals surface area contributed by atoms with Gasteiger partial charge in [-0.05, 0) is 20.8 Å². The summed E-state index contributed by atoms with van der Waals surface area (Å²) in [5.41, 5.74) is -0.369. The van der Waals surface area contributed by atoms with Crippen molar-refractivity contribution in [1.29, 1.82) is 0 Å². The minimum atomic E-state index is -0.945. The molecule has 0 aliphatic carbocycles. The van der Waals surface area contributed by atoms with Crippen molar-refractivity contribution in [3.05, 3.63) is 18.2 Å². The first-order valence-corrected chi connectivity index (χ1v) is 6.69. The summed E-state index contributed by atoms with van der Waals surface area (Å²) in [4.78, 5) is 26.2. The molecule has 114 valence electrons. The number of nitrogens with zero attached hydrogens (tertiary/aromatic N) is 1. The molecule has 2 rings (SSSR count). The predicted molar refractivity (Wildman–Crippen MR) is 78.7 cm³/mol. The van der Waals surface area contributed by atoms with Crippen LogP contribution >= 0.6 is 0 Å². The summed E-state index contributed by atoms with van der Waals surface area (Å²) in [6.45, 7) is 5.06. The Morgan fingerprint density at radius 3 is 2.10 bits per heavy atom. The summed E-state index contributed by atoms with van der Waals surface area (Å²) >= 11 is 0. The van der Waals surface area contributed by atoms with E-state index in [2.05, 4.69) is 5.32 Å². The number of benzene rings is 1. The lowest BCUT2D eigenvalue weighted by Gasteiger charge is -2.41. The summed E-state index contributed by atoms with van der Waals surface area (Å²) in [5, 5.41) is 2.72. The van der Waals surface area contributed by atoms with E-state index in [1.54, 1.807) is 39.0 Å². The number of hydrogen-bond acceptors (Lipinski definition) is 4. The van der Waals surface area contributed by atoms with Crippen molar-refractivity contribution in [2.24, 2.45) is 0 Å². The number of rotatable bonds is 3. The second kappa shape index (κ2) is 5.27. The third-order valence-corrected chi connectivity index (χ3v) is 3.57. The van der Waals surface area contributed by atoms with E-state index < -0.39 is 11.6 Å². The second-order valence-electron chi connectivity index (χ2n) is 5.54. The number of carbonyl (C=O) groups is 2. The monoisotopic (exact) mass is 292 g/mol. The third kappa shape index (κ3) is 2.66. The molecule has 0 radical (unpaired) electrons. The van der Waals surface area contributed by atoms with Gasteiger partial charge in [-0.2, -0.15) is 0 Å². The summed E-state index contributed by atoms with van der Waals surface area (Å²) < 4.78 is 10.4. The first-order chi connectivity index (χ1) is 9.80. The fourth-order valence-electron chi connectivity index (χ4n) is 2.33. The van der Waals surface area contributed by atoms with Crippen LogP contribution in [-0.4, -0.2) is 37.6 Å². The molecule has 21 heavy (non-hydrogen) atoms. The molecule has 1 aliphatic rings. The van der Waals surface area contributed by atoms with E-state index in [0.29, 0.717) is 17.2 Å². The van der Waals surface area contributed by atoms with Crippen LogP contribution in [0.5, 0.6) is 11.5 Å². The minimum absolute atomic E-state index is 0.176. The normalized spacial score (nSPS) is 21.0. The molecule has 1 heterocycles. The highest BCUT2D eigenvalue weighted by atomic mass is 16.5. The van der Waals surface area contributed by atoms with E-state index in [9.17, 15) is 9.59 Å². The van der Waals surface area contributed by atoms with Crippen LogP contribution in [0.1, 0.15) is 20.8 Å². The quantitative estimate of drug-likeness (QED) is 0.912. The molecule has 6 heteroatoms. The van der Waals surface area contributed by atoms with E-state index in [0.717, 1.165) is 0 Å². The van der Waals surface area contributed by atoms with Gasteiger partial charge in [0.2, 0.25) is 5.91 Å². The van der Waals surface area contributed by atoms with Gasteiger partial charge in [0.15, 0.2) is 0 Å². The molecule has 0 saturated carbocycles. The number of nitrogens with one attached hydrogen (secondary N) is 1. The number of carbonyl (C=O) groups excluding carboxylic acids is 2. The summed E-state index contributed by atoms with van der Waals surface area (Å²) in [5.74, 6) is 0.757. The molecule has 0 aromatic heterocycles. The van der Waals surface area contributed by atoms with Crippen molar-refractivity contribution in [2.75, 3.05) is 19.1 Å². The molecule has 1 saturated heterocycles. The van der Waals surface area contributed by atoms with Gasteiger partial charge in [0.1, 0.15) is 23.1 Å². The Labute approximate surface area is 124 Å². The molecule has 6 nitrogen and oxygen atoms in total. The predicted octanol–water partition coefficient (Wildman–Crippen LogP) is 1.33. The Morgan fingerprint density at radius 1 is 1.10 bits per heavy atom. The molecular formula is C15H20N2O4. The standard InChI is InChI=1S/C15H20N2O4/c1-9-13(18)16-15(2,3)14(19)17(9)10-6-11(20-4)8-12(7-10)21-5/h6-9H,1-5H3,(H,16,18). The number of amides is 2. The highest BCUT2D eigenvalue weighted by molar-refractivity contribution is 6.10. The van der Waals surface area contributed by atoms with Crippen LogP contribution < -0.4 is 19.7 Å². The van der Waals surface area contributed by atoms with Crippen molar-refractivity contribution >= 4 is 17.5 Å². The van der Waals surface area contributed by atoms with Gasteiger partial charge in [0.05, 0.1) is 19.9 Å². The van der Waals surface area contributed by atoms with Gasteiger partial charge in [-0.15, -0.1) is 0 Å². The van der Waals surface area contributed by atoms with Crippen molar-refractivity contribution in [1.82, 2.24) is 5.32 Å². The minimum Gasteiger partial charge on any atom is -0.497 e. The van der Waals surface area contributed by atoms with Gasteiger partial charge < -0.3 is 14.8 Å². The topological polar surface area (TPSA) is 67.9 Å². The molecule has 1 aromatic rings. The van der Waals surface area contributed by atoms with Gasteiger partial charge in [0, 0.05) is 18.2 Å². The Kier molecular flexibility index (Phi) is 3.80. The maximum atomic E-state index is 12.6. The molecule has 1 aliphatic heterocycles. The van der Waals surface area contributed by atoms with Crippen LogP contribution in [0, 0.1) is 0 Å². The average Bonchev–Trinajstić information content (AvgIpc) is 2.45. The van der Waals surface area contributed by atoms with Crippen LogP contribution in [0.2, 0.25) is 0 Å². The molecule has 0 spiro atoms. The molecule has 1 unspecified atom stereocenters. The zero-order chi connectivity index (χ0) is 15.8. The highest BCUT2D eigenvalue weighted by Gasteiger charge is 2.44. The van der Waals surface area contributed by atoms with Crippen molar-refractivity contribution < 1.29 is 19.1 Å². The van der Waals surface area contributed by atoms with E-state index in [1.165, 1.54) is 19.1 Å². The summed E-state index contributed by atoms with van der Waals surface area (Å²) in [6, 6.07) is 4.55. The number of methoxy groups -OCH3 is 2. The maximum absolute atomic E-state index is 12.6. The Balaban J connectivity index is 2.52. The first-order valence-electron chi connectivity index (χ1n) is 6.69. The van der Waals surface area contributed by atoms with E-state index >= 15 is 0 Å². The Hall–Kier alpha value is -2.24. The maximum Gasteiger partial charge on any atom is 0.252 e. The second-order valence-corrected chi connectivity index (χ2v) is 5.54. The lowest BCUT2D eigenvalue weighted by Crippen LogP contribution is -2.67. The van der Waals surface area contributed by atoms with Crippen LogP contribution in [0.3, 0.4) is 0 Å². The molecule has 2 amide bonds. The van der Waals surface area contributed by atoms with Gasteiger partial charge >= 0.3 is 0 Å². The van der Waals surface area contributed by atoms with E-state index in [4.69, 9.17) is 9.47 Å². The summed E-state index contributed by atoms with van der Waals surface area (Å²) in [6.07, 6.45) is 0. The zero-order valence-corrected chi connectivity index (χ0v) is 12.9. The SMILES string of the molecule is COc1cc(OC)cc(N2C(=O)C(C)(C)NC(=O)C2C)c1.